The summed E-state index contributed by atoms with van der Waals surface area (Å²) in [5.74, 6) is -13.2. The predicted octanol–water partition coefficient (Wildman–Crippen LogP) is -1.64. The summed E-state index contributed by atoms with van der Waals surface area (Å²) in [6, 6.07) is -2.98. The number of nitrogens with two attached hydrogens (primary N) is 5. The van der Waals surface area contributed by atoms with Crippen LogP contribution in [0.2, 0.25) is 0 Å². The third-order valence-corrected chi connectivity index (χ3v) is 17.6. The van der Waals surface area contributed by atoms with Gasteiger partial charge in [0.05, 0.1) is 12.1 Å². The number of aromatic hydroxyl groups is 1. The number of unbranched alkanes of at least 4 members (excludes halogenated alkanes) is 4. The molecule has 0 saturated carbocycles. The van der Waals surface area contributed by atoms with Gasteiger partial charge in [0.25, 0.3) is 0 Å². The zero-order valence-corrected chi connectivity index (χ0v) is 63.6. The summed E-state index contributed by atoms with van der Waals surface area (Å²) in [6.07, 6.45) is 2.70. The number of hydrogen-bond donors (Lipinski definition) is 20. The number of phenols is 1. The van der Waals surface area contributed by atoms with Crippen LogP contribution in [0.15, 0.2) is 54.6 Å². The molecule has 33 nitrogen and oxygen atoms in total. The lowest BCUT2D eigenvalue weighted by atomic mass is 9.98. The van der Waals surface area contributed by atoms with Crippen LogP contribution in [-0.2, 0) is 75.2 Å². The maximum absolute atomic E-state index is 14.6. The van der Waals surface area contributed by atoms with Gasteiger partial charge in [-0.1, -0.05) is 104 Å². The zero-order chi connectivity index (χ0) is 79.9. The topological polar surface area (TPSA) is 557 Å². The van der Waals surface area contributed by atoms with E-state index in [1.54, 1.807) is 85.7 Å². The van der Waals surface area contributed by atoms with Crippen molar-refractivity contribution in [2.24, 2.45) is 52.3 Å². The number of aliphatic hydroxyl groups excluding tert-OH is 1. The number of carbonyl (C=O) groups is 13. The van der Waals surface area contributed by atoms with E-state index in [1.807, 2.05) is 0 Å². The fourth-order valence-electron chi connectivity index (χ4n) is 11.2. The van der Waals surface area contributed by atoms with Crippen molar-refractivity contribution < 1.29 is 77.6 Å². The summed E-state index contributed by atoms with van der Waals surface area (Å²) in [4.78, 5) is 181. The van der Waals surface area contributed by atoms with Crippen molar-refractivity contribution in [1.82, 2.24) is 63.8 Å². The van der Waals surface area contributed by atoms with Crippen molar-refractivity contribution in [2.75, 3.05) is 26.2 Å². The van der Waals surface area contributed by atoms with E-state index in [9.17, 15) is 77.6 Å². The molecule has 596 valence electrons. The van der Waals surface area contributed by atoms with E-state index in [-0.39, 0.29) is 63.3 Å². The maximum Gasteiger partial charge on any atom is 0.326 e. The lowest BCUT2D eigenvalue weighted by molar-refractivity contribution is -0.143. The first kappa shape index (κ1) is 93.2. The first-order valence-corrected chi connectivity index (χ1v) is 36.9. The van der Waals surface area contributed by atoms with Crippen LogP contribution in [0.25, 0.3) is 0 Å². The lowest BCUT2D eigenvalue weighted by Gasteiger charge is -2.30. The van der Waals surface area contributed by atoms with Gasteiger partial charge < -0.3 is 108 Å². The van der Waals surface area contributed by atoms with Gasteiger partial charge in [-0.05, 0) is 171 Å². The summed E-state index contributed by atoms with van der Waals surface area (Å²) < 4.78 is 0. The van der Waals surface area contributed by atoms with Crippen LogP contribution in [0.4, 0.5) is 0 Å². The van der Waals surface area contributed by atoms with Crippen molar-refractivity contribution in [3.63, 3.8) is 0 Å². The summed E-state index contributed by atoms with van der Waals surface area (Å²) in [5, 5.41) is 62.2. The van der Waals surface area contributed by atoms with E-state index in [4.69, 9.17) is 28.7 Å². The molecule has 14 atom stereocenters. The van der Waals surface area contributed by atoms with Crippen LogP contribution in [0, 0.1) is 23.7 Å². The van der Waals surface area contributed by atoms with Crippen molar-refractivity contribution in [3.8, 4) is 5.75 Å². The normalized spacial score (nSPS) is 15.4. The van der Waals surface area contributed by atoms with Gasteiger partial charge in [0.1, 0.15) is 78.3 Å². The molecule has 12 amide bonds. The molecule has 0 saturated heterocycles. The van der Waals surface area contributed by atoms with Gasteiger partial charge in [0.15, 0.2) is 0 Å². The van der Waals surface area contributed by atoms with E-state index >= 15 is 0 Å². The summed E-state index contributed by atoms with van der Waals surface area (Å²) in [6.45, 7) is 18.3. The van der Waals surface area contributed by atoms with Gasteiger partial charge in [0.2, 0.25) is 70.9 Å². The molecular formula is C73H123N17O16. The number of aliphatic carboxylic acids is 1. The van der Waals surface area contributed by atoms with Crippen molar-refractivity contribution in [2.45, 2.75) is 257 Å². The molecule has 0 radical (unpaired) electrons. The molecule has 0 fully saturated rings. The van der Waals surface area contributed by atoms with Gasteiger partial charge in [0, 0.05) is 12.8 Å². The van der Waals surface area contributed by atoms with Crippen molar-refractivity contribution in [3.05, 3.63) is 65.7 Å². The molecule has 0 aliphatic carbocycles. The predicted molar refractivity (Wildman–Crippen MR) is 399 cm³/mol. The molecular weight excluding hydrogens is 1370 g/mol. The maximum atomic E-state index is 14.6. The number of aliphatic hydroxyl groups is 1. The first-order chi connectivity index (χ1) is 50.0. The second kappa shape index (κ2) is 49.1. The minimum absolute atomic E-state index is 0.0462. The second-order valence-electron chi connectivity index (χ2n) is 28.5. The summed E-state index contributed by atoms with van der Waals surface area (Å²) in [7, 11) is 0. The number of hydrogen-bond acceptors (Lipinski definition) is 20. The molecule has 33 heteroatoms. The number of carboxylic acids is 1. The third-order valence-electron chi connectivity index (χ3n) is 17.6. The number of carbonyl (C=O) groups excluding carboxylic acids is 12. The van der Waals surface area contributed by atoms with Crippen molar-refractivity contribution >= 4 is 76.9 Å². The zero-order valence-electron chi connectivity index (χ0n) is 63.6. The minimum Gasteiger partial charge on any atom is -0.508 e. The van der Waals surface area contributed by atoms with E-state index in [1.165, 1.54) is 45.0 Å². The Kier molecular flexibility index (Phi) is 43.1. The van der Waals surface area contributed by atoms with Crippen LogP contribution in [0.3, 0.4) is 0 Å². The fourth-order valence-corrected chi connectivity index (χ4v) is 11.2. The highest BCUT2D eigenvalue weighted by molar-refractivity contribution is 6.00. The van der Waals surface area contributed by atoms with Gasteiger partial charge in [-0.2, -0.15) is 0 Å². The Balaban J connectivity index is 2.39. The molecule has 0 aliphatic heterocycles. The molecule has 2 aromatic rings. The van der Waals surface area contributed by atoms with Gasteiger partial charge in [-0.25, -0.2) is 4.79 Å². The number of benzene rings is 2. The monoisotopic (exact) mass is 1490 g/mol. The van der Waals surface area contributed by atoms with Crippen molar-refractivity contribution in [1.29, 1.82) is 0 Å². The Labute approximate surface area is 623 Å². The average molecular weight is 1490 g/mol. The van der Waals surface area contributed by atoms with E-state index in [0.717, 1.165) is 0 Å². The van der Waals surface area contributed by atoms with Crippen LogP contribution in [-0.4, -0.2) is 203 Å². The smallest absolute Gasteiger partial charge is 0.326 e. The third kappa shape index (κ3) is 34.1. The molecule has 0 spiro atoms. The Morgan fingerprint density at radius 3 is 1.05 bits per heavy atom. The first-order valence-electron chi connectivity index (χ1n) is 36.9. The molecule has 25 N–H and O–H groups in total. The van der Waals surface area contributed by atoms with Crippen LogP contribution < -0.4 is 92.5 Å². The number of nitrogens with one attached hydrogen (secondary N) is 12. The van der Waals surface area contributed by atoms with E-state index < -0.39 is 179 Å². The molecule has 2 rings (SSSR count). The highest BCUT2D eigenvalue weighted by Crippen LogP contribution is 2.17. The standard InChI is InChI=1S/C73H123N17O16/c1-40(2)37-54(67(99)89-59(43(7)8)73(105)106)85-71(103)58(42(5)6)88-69(101)56(39-48-29-31-49(92)32-30-48)86-72(104)60(46(11)91)90-62(94)45(10)79-61(93)44(9)80-70(102)57(41(3)4)87-68(100)55(38-47-23-13-12-14-24-47)84-66(98)53(28-18-22-36-77)83-65(97)52(27-17-21-35-76)82-64(96)51(26-16-20-34-75)81-63(95)50(78)25-15-19-33-74/h12-14,23-24,29-32,40-46,50-60,91-92H,15-22,25-28,33-39,74-78H2,1-11H3,(H,79,93)(H,80,102)(H,81,95)(H,82,96)(H,83,97)(H,84,98)(H,85,103)(H,86,104)(H,87,100)(H,88,101)(H,89,99)(H,90,94)(H,105,106)/t44-,45-,46+,50-,51-,52-,53-,54-,55-,56-,57-,58-,59-,60-/m0/s1. The Morgan fingerprint density at radius 1 is 0.340 bits per heavy atom. The Morgan fingerprint density at radius 2 is 0.651 bits per heavy atom. The van der Waals surface area contributed by atoms with Crippen LogP contribution >= 0.6 is 0 Å². The molecule has 106 heavy (non-hydrogen) atoms. The number of carboxylic acid groups (broad SMARTS) is 1. The SMILES string of the molecule is CC(C)C[C@H](NC(=O)[C@@H](NC(=O)[C@H](Cc1ccc(O)cc1)NC(=O)[C@@H](NC(=O)[C@H](C)NC(=O)[C@H](C)NC(=O)[C@@H](NC(=O)[C@H](Cc1ccccc1)NC(=O)[C@H](CCCCN)NC(=O)[C@H](CCCCN)NC(=O)[C@H](CCCCN)NC(=O)[C@@H](N)CCCCN)C(C)C)[C@@H](C)O)C(C)C)C(=O)N[C@H](C(=O)O)C(C)C. The lowest BCUT2D eigenvalue weighted by Crippen LogP contribution is -2.62. The fraction of sp³-hybridized carbons (Fsp3) is 0.658. The summed E-state index contributed by atoms with van der Waals surface area (Å²) >= 11 is 0. The van der Waals surface area contributed by atoms with E-state index in [2.05, 4.69) is 63.8 Å². The molecule has 2 aromatic carbocycles. The minimum atomic E-state index is -1.78. The van der Waals surface area contributed by atoms with Gasteiger partial charge in [-0.15, -0.1) is 0 Å². The highest BCUT2D eigenvalue weighted by atomic mass is 16.4. The summed E-state index contributed by atoms with van der Waals surface area (Å²) in [5.41, 5.74) is 30.2. The van der Waals surface area contributed by atoms with Crippen LogP contribution in [0.5, 0.6) is 5.75 Å². The quantitative estimate of drug-likeness (QED) is 0.0330. The Hall–Kier alpha value is -8.89. The van der Waals surface area contributed by atoms with Gasteiger partial charge >= 0.3 is 5.97 Å². The van der Waals surface area contributed by atoms with Gasteiger partial charge in [-0.3, -0.25) is 57.5 Å². The largest absolute Gasteiger partial charge is 0.508 e. The molecule has 0 heterocycles. The molecule has 0 aliphatic rings. The Bertz CT molecular complexity index is 3130. The van der Waals surface area contributed by atoms with E-state index in [0.29, 0.717) is 82.0 Å². The molecule has 0 bridgehead atoms. The highest BCUT2D eigenvalue weighted by Gasteiger charge is 2.39. The number of rotatable bonds is 51. The number of phenolic OH excluding ortho intramolecular Hbond substituents is 1. The molecule has 0 unspecified atom stereocenters. The average Bonchev–Trinajstić information content (AvgIpc) is 0.848. The number of amides is 12. The second-order valence-corrected chi connectivity index (χ2v) is 28.5. The molecule has 0 aromatic heterocycles. The van der Waals surface area contributed by atoms with Crippen LogP contribution in [0.1, 0.15) is 171 Å².